The number of hydrogen-bond donors (Lipinski definition) is 0. The molecule has 0 spiro atoms. The van der Waals surface area contributed by atoms with Crippen LogP contribution in [0, 0.1) is 6.92 Å². The lowest BCUT2D eigenvalue weighted by Crippen LogP contribution is -2.39. The van der Waals surface area contributed by atoms with Crippen molar-refractivity contribution in [3.8, 4) is 28.8 Å². The van der Waals surface area contributed by atoms with Gasteiger partial charge in [0, 0.05) is 32.1 Å². The Labute approximate surface area is 228 Å². The topological polar surface area (TPSA) is 113 Å². The molecule has 4 aromatic rings. The minimum Gasteiger partial charge on any atom is -0.494 e. The van der Waals surface area contributed by atoms with Gasteiger partial charge in [-0.2, -0.15) is 0 Å². The van der Waals surface area contributed by atoms with E-state index in [1.165, 1.54) is 21.9 Å². The summed E-state index contributed by atoms with van der Waals surface area (Å²) in [6.45, 7) is 8.78. The van der Waals surface area contributed by atoms with E-state index in [-0.39, 0.29) is 18.2 Å². The van der Waals surface area contributed by atoms with E-state index in [2.05, 4.69) is 34.8 Å². The lowest BCUT2D eigenvalue weighted by Gasteiger charge is -2.27. The van der Waals surface area contributed by atoms with Crippen molar-refractivity contribution in [2.45, 2.75) is 39.0 Å². The van der Waals surface area contributed by atoms with Crippen LogP contribution in [-0.4, -0.2) is 62.8 Å². The Hall–Kier alpha value is -3.16. The van der Waals surface area contributed by atoms with Gasteiger partial charge in [0.15, 0.2) is 5.76 Å². The molecule has 1 aromatic carbocycles. The lowest BCUT2D eigenvalue weighted by molar-refractivity contribution is 0.391. The van der Waals surface area contributed by atoms with Crippen LogP contribution >= 0.6 is 11.3 Å². The summed E-state index contributed by atoms with van der Waals surface area (Å²) < 4.78 is 48.0. The standard InChI is InChI=1S/C25H33N5O5S2Si/c1-18-17-36-22(26-18)12-15-37(31,32)29(13-16-38(4,5)6)25-28-27-24(21-11-8-14-35-21)30(25)23-19(33-2)9-7-10-20(23)34-3/h7-11,14,17H,12-13,15-16H2,1-6H3. The summed E-state index contributed by atoms with van der Waals surface area (Å²) in [7, 11) is -2.37. The molecule has 0 aliphatic heterocycles. The number of rotatable bonds is 12. The van der Waals surface area contributed by atoms with Crippen LogP contribution in [0.2, 0.25) is 25.7 Å². The van der Waals surface area contributed by atoms with Gasteiger partial charge < -0.3 is 13.9 Å². The van der Waals surface area contributed by atoms with Crippen LogP contribution in [0.5, 0.6) is 11.5 Å². The van der Waals surface area contributed by atoms with Crippen molar-refractivity contribution in [2.75, 3.05) is 30.8 Å². The zero-order valence-corrected chi connectivity index (χ0v) is 25.1. The first kappa shape index (κ1) is 27.9. The molecule has 3 heterocycles. The molecule has 0 amide bonds. The molecule has 204 valence electrons. The maximum absolute atomic E-state index is 14.0. The van der Waals surface area contributed by atoms with E-state index < -0.39 is 18.1 Å². The highest BCUT2D eigenvalue weighted by Crippen LogP contribution is 2.39. The first-order valence-electron chi connectivity index (χ1n) is 12.2. The zero-order chi connectivity index (χ0) is 27.5. The van der Waals surface area contributed by atoms with E-state index in [0.717, 1.165) is 16.7 Å². The predicted octanol–water partition coefficient (Wildman–Crippen LogP) is 5.03. The smallest absolute Gasteiger partial charge is 0.246 e. The van der Waals surface area contributed by atoms with Gasteiger partial charge in [0.1, 0.15) is 17.2 Å². The van der Waals surface area contributed by atoms with E-state index in [9.17, 15) is 8.42 Å². The van der Waals surface area contributed by atoms with Crippen molar-refractivity contribution in [1.82, 2.24) is 19.7 Å². The molecule has 0 saturated heterocycles. The van der Waals surface area contributed by atoms with Gasteiger partial charge in [0.05, 0.1) is 31.2 Å². The molecule has 3 aromatic heterocycles. The van der Waals surface area contributed by atoms with Gasteiger partial charge >= 0.3 is 0 Å². The van der Waals surface area contributed by atoms with E-state index in [1.807, 2.05) is 12.3 Å². The summed E-state index contributed by atoms with van der Waals surface area (Å²) in [6.07, 6.45) is 1.84. The predicted molar refractivity (Wildman–Crippen MR) is 152 cm³/mol. The summed E-state index contributed by atoms with van der Waals surface area (Å²) in [5, 5.41) is 11.5. The maximum atomic E-state index is 14.0. The fraction of sp³-hybridized carbons (Fsp3) is 0.400. The van der Waals surface area contributed by atoms with Crippen LogP contribution in [-0.2, 0) is 16.4 Å². The summed E-state index contributed by atoms with van der Waals surface area (Å²) >= 11 is 1.46. The first-order valence-corrected chi connectivity index (χ1v) is 18.4. The van der Waals surface area contributed by atoms with E-state index in [4.69, 9.17) is 13.9 Å². The third-order valence-electron chi connectivity index (χ3n) is 5.88. The molecule has 0 aliphatic carbocycles. The van der Waals surface area contributed by atoms with Gasteiger partial charge in [0.2, 0.25) is 21.8 Å². The molecule has 0 atom stereocenters. The van der Waals surface area contributed by atoms with Gasteiger partial charge in [-0.1, -0.05) is 25.7 Å². The van der Waals surface area contributed by atoms with Crippen molar-refractivity contribution in [3.63, 3.8) is 0 Å². The molecule has 0 saturated carbocycles. The van der Waals surface area contributed by atoms with Crippen LogP contribution in [0.25, 0.3) is 17.3 Å². The summed E-state index contributed by atoms with van der Waals surface area (Å²) in [6, 6.07) is 9.57. The Bertz CT molecular complexity index is 1450. The number of para-hydroxylation sites is 1. The number of methoxy groups -OCH3 is 2. The van der Waals surface area contributed by atoms with E-state index in [0.29, 0.717) is 35.2 Å². The molecular formula is C25H33N5O5S2Si. The molecule has 0 radical (unpaired) electrons. The molecular weight excluding hydrogens is 543 g/mol. The first-order chi connectivity index (χ1) is 18.0. The maximum Gasteiger partial charge on any atom is 0.246 e. The quantitative estimate of drug-likeness (QED) is 0.216. The Kier molecular flexibility index (Phi) is 8.28. The lowest BCUT2D eigenvalue weighted by atomic mass is 10.2. The molecule has 0 bridgehead atoms. The third-order valence-corrected chi connectivity index (χ3v) is 10.4. The highest BCUT2D eigenvalue weighted by Gasteiger charge is 2.33. The van der Waals surface area contributed by atoms with Crippen molar-refractivity contribution in [2.24, 2.45) is 0 Å². The highest BCUT2D eigenvalue weighted by atomic mass is 32.2. The van der Waals surface area contributed by atoms with Crippen LogP contribution < -0.4 is 13.8 Å². The Morgan fingerprint density at radius 2 is 1.79 bits per heavy atom. The number of furan rings is 1. The van der Waals surface area contributed by atoms with Crippen LogP contribution in [0.3, 0.4) is 0 Å². The number of sulfonamides is 1. The second-order valence-electron chi connectivity index (χ2n) is 9.98. The summed E-state index contributed by atoms with van der Waals surface area (Å²) in [5.41, 5.74) is 1.36. The molecule has 0 aliphatic rings. The monoisotopic (exact) mass is 575 g/mol. The number of nitrogens with zero attached hydrogens (tertiary/aromatic N) is 5. The number of aromatic nitrogens is 4. The van der Waals surface area contributed by atoms with Crippen LogP contribution in [0.4, 0.5) is 5.95 Å². The average Bonchev–Trinajstić information content (AvgIpc) is 3.62. The van der Waals surface area contributed by atoms with Gasteiger partial charge in [-0.15, -0.1) is 21.5 Å². The van der Waals surface area contributed by atoms with Crippen LogP contribution in [0.1, 0.15) is 10.7 Å². The number of aryl methyl sites for hydroxylation is 2. The van der Waals surface area contributed by atoms with E-state index in [1.54, 1.807) is 49.1 Å². The summed E-state index contributed by atoms with van der Waals surface area (Å²) in [5.74, 6) is 1.73. The van der Waals surface area contributed by atoms with Crippen molar-refractivity contribution >= 4 is 35.4 Å². The van der Waals surface area contributed by atoms with E-state index >= 15 is 0 Å². The normalized spacial score (nSPS) is 12.1. The SMILES string of the molecule is COc1cccc(OC)c1-n1c(-c2ccco2)nnc1N(CC[Si](C)(C)C)S(=O)(=O)CCc1nc(C)cs1. The highest BCUT2D eigenvalue weighted by molar-refractivity contribution is 7.92. The Balaban J connectivity index is 1.89. The molecule has 0 N–H and O–H groups in total. The van der Waals surface area contributed by atoms with Gasteiger partial charge in [0.25, 0.3) is 0 Å². The molecule has 0 unspecified atom stereocenters. The largest absolute Gasteiger partial charge is 0.494 e. The fourth-order valence-electron chi connectivity index (χ4n) is 3.91. The van der Waals surface area contributed by atoms with Crippen LogP contribution in [0.15, 0.2) is 46.4 Å². The molecule has 0 fully saturated rings. The van der Waals surface area contributed by atoms with Gasteiger partial charge in [-0.25, -0.2) is 17.7 Å². The average molecular weight is 576 g/mol. The molecule has 4 rings (SSSR count). The number of hydrogen-bond acceptors (Lipinski definition) is 9. The van der Waals surface area contributed by atoms with Gasteiger partial charge in [-0.3, -0.25) is 4.57 Å². The minimum absolute atomic E-state index is 0.113. The second-order valence-corrected chi connectivity index (χ2v) is 18.6. The van der Waals surface area contributed by atoms with Gasteiger partial charge in [-0.05, 0) is 37.2 Å². The zero-order valence-electron chi connectivity index (χ0n) is 22.5. The Morgan fingerprint density at radius 1 is 1.08 bits per heavy atom. The van der Waals surface area contributed by atoms with Crippen molar-refractivity contribution < 1.29 is 22.3 Å². The number of thiazole rings is 1. The Morgan fingerprint density at radius 3 is 2.34 bits per heavy atom. The van der Waals surface area contributed by atoms with Crippen molar-refractivity contribution in [3.05, 3.63) is 52.7 Å². The number of ether oxygens (including phenoxy) is 2. The molecule has 10 nitrogen and oxygen atoms in total. The summed E-state index contributed by atoms with van der Waals surface area (Å²) in [4.78, 5) is 4.44. The number of benzene rings is 1. The molecule has 38 heavy (non-hydrogen) atoms. The second kappa shape index (κ2) is 11.3. The number of anilines is 1. The molecule has 13 heteroatoms. The third kappa shape index (κ3) is 6.10. The van der Waals surface area contributed by atoms with Crippen molar-refractivity contribution in [1.29, 1.82) is 0 Å². The fourth-order valence-corrected chi connectivity index (χ4v) is 7.28. The minimum atomic E-state index is -3.83.